The maximum Gasteiger partial charge on any atom is 0.332 e. The molecule has 2 heteroatoms. The Kier molecular flexibility index (Phi) is 3.23. The standard InChI is InChI=1S/C21H16O2/c1-14-9-11-16(12-10-14)21-19(13-20(22)23-21)18-8-4-6-15-5-2-3-7-17(15)18/h2-13,21H,1H3. The largest absolute Gasteiger partial charge is 0.449 e. The van der Waals surface area contributed by atoms with Crippen molar-refractivity contribution >= 4 is 22.3 Å². The molecule has 3 aromatic carbocycles. The van der Waals surface area contributed by atoms with E-state index in [0.717, 1.165) is 27.5 Å². The van der Waals surface area contributed by atoms with E-state index in [4.69, 9.17) is 4.74 Å². The fraction of sp³-hybridized carbons (Fsp3) is 0.0952. The van der Waals surface area contributed by atoms with Crippen LogP contribution in [0.25, 0.3) is 16.3 Å². The molecule has 1 heterocycles. The normalized spacial score (nSPS) is 17.2. The van der Waals surface area contributed by atoms with Crippen LogP contribution in [0.15, 0.2) is 72.8 Å². The van der Waals surface area contributed by atoms with E-state index in [1.54, 1.807) is 6.08 Å². The summed E-state index contributed by atoms with van der Waals surface area (Å²) in [6.07, 6.45) is 1.28. The van der Waals surface area contributed by atoms with E-state index in [9.17, 15) is 4.79 Å². The molecule has 2 nitrogen and oxygen atoms in total. The molecule has 0 saturated heterocycles. The first-order valence-electron chi connectivity index (χ1n) is 7.69. The fourth-order valence-electron chi connectivity index (χ4n) is 3.10. The zero-order chi connectivity index (χ0) is 15.8. The first-order valence-corrected chi connectivity index (χ1v) is 7.69. The van der Waals surface area contributed by atoms with Gasteiger partial charge in [-0.05, 0) is 28.8 Å². The number of hydrogen-bond acceptors (Lipinski definition) is 2. The zero-order valence-electron chi connectivity index (χ0n) is 12.8. The molecule has 0 saturated carbocycles. The molecular weight excluding hydrogens is 284 g/mol. The van der Waals surface area contributed by atoms with Gasteiger partial charge < -0.3 is 4.74 Å². The molecule has 1 aliphatic heterocycles. The van der Waals surface area contributed by atoms with Gasteiger partial charge >= 0.3 is 5.97 Å². The van der Waals surface area contributed by atoms with Gasteiger partial charge in [-0.15, -0.1) is 0 Å². The lowest BCUT2D eigenvalue weighted by Gasteiger charge is -2.16. The number of rotatable bonds is 2. The summed E-state index contributed by atoms with van der Waals surface area (Å²) in [5.74, 6) is -0.279. The molecule has 0 N–H and O–H groups in total. The second kappa shape index (κ2) is 5.40. The third kappa shape index (κ3) is 2.42. The quantitative estimate of drug-likeness (QED) is 0.634. The Morgan fingerprint density at radius 3 is 2.43 bits per heavy atom. The molecule has 0 spiro atoms. The Labute approximate surface area is 135 Å². The van der Waals surface area contributed by atoms with Crippen molar-refractivity contribution in [3.8, 4) is 0 Å². The average Bonchev–Trinajstić information content (AvgIpc) is 2.96. The number of carbonyl (C=O) groups excluding carboxylic acids is 1. The predicted octanol–water partition coefficient (Wildman–Crippen LogP) is 4.83. The minimum Gasteiger partial charge on any atom is -0.449 e. The van der Waals surface area contributed by atoms with E-state index in [1.807, 2.05) is 49.4 Å². The highest BCUT2D eigenvalue weighted by atomic mass is 16.5. The lowest BCUT2D eigenvalue weighted by atomic mass is 9.92. The van der Waals surface area contributed by atoms with Crippen molar-refractivity contribution in [1.82, 2.24) is 0 Å². The summed E-state index contributed by atoms with van der Waals surface area (Å²) in [6.45, 7) is 2.05. The van der Waals surface area contributed by atoms with Gasteiger partial charge in [-0.1, -0.05) is 72.3 Å². The summed E-state index contributed by atoms with van der Waals surface area (Å²) in [5, 5.41) is 2.30. The van der Waals surface area contributed by atoms with Crippen molar-refractivity contribution in [3.63, 3.8) is 0 Å². The van der Waals surface area contributed by atoms with Crippen molar-refractivity contribution in [3.05, 3.63) is 89.5 Å². The topological polar surface area (TPSA) is 26.3 Å². The maximum absolute atomic E-state index is 11.9. The van der Waals surface area contributed by atoms with Gasteiger partial charge in [0.2, 0.25) is 0 Å². The number of benzene rings is 3. The molecule has 23 heavy (non-hydrogen) atoms. The van der Waals surface area contributed by atoms with Crippen LogP contribution in [0.2, 0.25) is 0 Å². The van der Waals surface area contributed by atoms with Gasteiger partial charge in [0.15, 0.2) is 6.10 Å². The summed E-state index contributed by atoms with van der Waals surface area (Å²) in [4.78, 5) is 11.9. The van der Waals surface area contributed by atoms with Gasteiger partial charge in [0.25, 0.3) is 0 Å². The molecule has 1 atom stereocenters. The average molecular weight is 300 g/mol. The number of carbonyl (C=O) groups is 1. The van der Waals surface area contributed by atoms with Crippen LogP contribution >= 0.6 is 0 Å². The Morgan fingerprint density at radius 2 is 1.61 bits per heavy atom. The molecule has 112 valence electrons. The Balaban J connectivity index is 1.86. The number of cyclic esters (lactones) is 1. The van der Waals surface area contributed by atoms with Crippen LogP contribution in [0.1, 0.15) is 22.8 Å². The van der Waals surface area contributed by atoms with E-state index in [0.29, 0.717) is 0 Å². The van der Waals surface area contributed by atoms with Crippen LogP contribution in [0, 0.1) is 6.92 Å². The van der Waals surface area contributed by atoms with Crippen molar-refractivity contribution in [2.45, 2.75) is 13.0 Å². The monoisotopic (exact) mass is 300 g/mol. The molecule has 0 aliphatic carbocycles. The molecule has 0 aromatic heterocycles. The zero-order valence-corrected chi connectivity index (χ0v) is 12.8. The third-order valence-electron chi connectivity index (χ3n) is 4.27. The van der Waals surface area contributed by atoms with E-state index < -0.39 is 0 Å². The summed E-state index contributed by atoms with van der Waals surface area (Å²) in [6, 6.07) is 22.5. The van der Waals surface area contributed by atoms with E-state index >= 15 is 0 Å². The van der Waals surface area contributed by atoms with Gasteiger partial charge in [-0.25, -0.2) is 4.79 Å². The van der Waals surface area contributed by atoms with E-state index in [1.165, 1.54) is 5.56 Å². The van der Waals surface area contributed by atoms with Gasteiger partial charge in [0, 0.05) is 11.6 Å². The predicted molar refractivity (Wildman–Crippen MR) is 91.9 cm³/mol. The van der Waals surface area contributed by atoms with Crippen LogP contribution in [0.5, 0.6) is 0 Å². The second-order valence-corrected chi connectivity index (χ2v) is 5.85. The van der Waals surface area contributed by atoms with Crippen molar-refractivity contribution in [2.75, 3.05) is 0 Å². The van der Waals surface area contributed by atoms with Gasteiger partial charge in [0.1, 0.15) is 0 Å². The molecule has 1 unspecified atom stereocenters. The number of aryl methyl sites for hydroxylation is 1. The Hall–Kier alpha value is -2.87. The molecule has 4 rings (SSSR count). The first kappa shape index (κ1) is 13.8. The van der Waals surface area contributed by atoms with Gasteiger partial charge in [-0.3, -0.25) is 0 Å². The molecule has 3 aromatic rings. The molecule has 0 amide bonds. The highest BCUT2D eigenvalue weighted by molar-refractivity contribution is 6.03. The Bertz CT molecular complexity index is 915. The smallest absolute Gasteiger partial charge is 0.332 e. The fourth-order valence-corrected chi connectivity index (χ4v) is 3.10. The van der Waals surface area contributed by atoms with Crippen LogP contribution < -0.4 is 0 Å². The maximum atomic E-state index is 11.9. The molecule has 0 bridgehead atoms. The lowest BCUT2D eigenvalue weighted by Crippen LogP contribution is -2.03. The number of esters is 1. The SMILES string of the molecule is Cc1ccc(C2OC(=O)C=C2c2cccc3ccccc23)cc1. The Morgan fingerprint density at radius 1 is 0.870 bits per heavy atom. The number of fused-ring (bicyclic) bond motifs is 1. The second-order valence-electron chi connectivity index (χ2n) is 5.85. The van der Waals surface area contributed by atoms with Crippen LogP contribution in [-0.2, 0) is 9.53 Å². The van der Waals surface area contributed by atoms with Crippen molar-refractivity contribution in [1.29, 1.82) is 0 Å². The van der Waals surface area contributed by atoms with Gasteiger partial charge in [0.05, 0.1) is 0 Å². The summed E-state index contributed by atoms with van der Waals surface area (Å²) >= 11 is 0. The summed E-state index contributed by atoms with van der Waals surface area (Å²) < 4.78 is 5.57. The molecule has 0 fully saturated rings. The first-order chi connectivity index (χ1) is 11.2. The van der Waals surface area contributed by atoms with Crippen molar-refractivity contribution in [2.24, 2.45) is 0 Å². The van der Waals surface area contributed by atoms with Crippen molar-refractivity contribution < 1.29 is 9.53 Å². The molecular formula is C21H16O2. The summed E-state index contributed by atoms with van der Waals surface area (Å²) in [5.41, 5.74) is 4.17. The highest BCUT2D eigenvalue weighted by Gasteiger charge is 2.29. The molecule has 0 radical (unpaired) electrons. The highest BCUT2D eigenvalue weighted by Crippen LogP contribution is 2.40. The number of ether oxygens (including phenoxy) is 1. The number of hydrogen-bond donors (Lipinski definition) is 0. The van der Waals surface area contributed by atoms with Gasteiger partial charge in [-0.2, -0.15) is 0 Å². The summed E-state index contributed by atoms with van der Waals surface area (Å²) in [7, 11) is 0. The van der Waals surface area contributed by atoms with Crippen LogP contribution in [0.4, 0.5) is 0 Å². The minimum absolute atomic E-state index is 0.279. The van der Waals surface area contributed by atoms with E-state index in [2.05, 4.69) is 24.3 Å². The molecule has 1 aliphatic rings. The minimum atomic E-state index is -0.339. The third-order valence-corrected chi connectivity index (χ3v) is 4.27. The van der Waals surface area contributed by atoms with Crippen LogP contribution in [-0.4, -0.2) is 5.97 Å². The van der Waals surface area contributed by atoms with E-state index in [-0.39, 0.29) is 12.1 Å². The lowest BCUT2D eigenvalue weighted by molar-refractivity contribution is -0.138. The van der Waals surface area contributed by atoms with Crippen LogP contribution in [0.3, 0.4) is 0 Å².